The van der Waals surface area contributed by atoms with Crippen LogP contribution in [0.15, 0.2) is 10.2 Å². The number of hydrogen-bond acceptors (Lipinski definition) is 2. The molecule has 0 aromatic rings. The zero-order chi connectivity index (χ0) is 8.20. The van der Waals surface area contributed by atoms with Crippen molar-refractivity contribution >= 4 is 51.7 Å². The number of rotatable bonds is 3. The first kappa shape index (κ1) is 11.2. The van der Waals surface area contributed by atoms with E-state index in [1.54, 1.807) is 0 Å². The molecular formula is C4H6Cl3OPS. The molecule has 6 heteroatoms. The first-order valence-corrected chi connectivity index (χ1v) is 7.41. The summed E-state index contributed by atoms with van der Waals surface area (Å²) in [7, 11) is 0. The highest BCUT2D eigenvalue weighted by Gasteiger charge is 2.09. The molecule has 0 N–H and O–H groups in total. The molecule has 0 aliphatic carbocycles. The summed E-state index contributed by atoms with van der Waals surface area (Å²) in [5, 5.41) is 0. The molecule has 0 bridgehead atoms. The van der Waals surface area contributed by atoms with Gasteiger partial charge in [0.25, 0.3) is 5.85 Å². The highest BCUT2D eigenvalue weighted by Crippen LogP contribution is 2.59. The molecule has 0 radical (unpaired) electrons. The van der Waals surface area contributed by atoms with Crippen LogP contribution in [-0.2, 0) is 4.57 Å². The van der Waals surface area contributed by atoms with Crippen molar-refractivity contribution in [2.75, 3.05) is 5.75 Å². The molecule has 0 saturated carbocycles. The van der Waals surface area contributed by atoms with Crippen LogP contribution in [0.1, 0.15) is 6.92 Å². The third-order valence-corrected chi connectivity index (χ3v) is 3.12. The van der Waals surface area contributed by atoms with Crippen LogP contribution in [0.2, 0.25) is 0 Å². The molecule has 0 aromatic heterocycles. The highest BCUT2D eigenvalue weighted by atomic mass is 35.9. The number of halogens is 3. The number of thioether (sulfide) groups is 1. The molecule has 0 aromatic carbocycles. The standard InChI is InChI=1S/C4H6Cl3OPS/c1-2-10-4(5)3-9(6,7)8/h3H,2H2,1H3/b4-3+. The van der Waals surface area contributed by atoms with Crippen LogP contribution in [0.5, 0.6) is 0 Å². The lowest BCUT2D eigenvalue weighted by molar-refractivity contribution is 0.597. The summed E-state index contributed by atoms with van der Waals surface area (Å²) in [5.74, 6) is -1.14. The third-order valence-electron chi connectivity index (χ3n) is 0.534. The average Bonchev–Trinajstić information content (AvgIpc) is 1.59. The van der Waals surface area contributed by atoms with Gasteiger partial charge in [-0.3, -0.25) is 4.57 Å². The highest BCUT2D eigenvalue weighted by molar-refractivity contribution is 8.12. The third kappa shape index (κ3) is 7.30. The van der Waals surface area contributed by atoms with Gasteiger partial charge in [0.15, 0.2) is 0 Å². The van der Waals surface area contributed by atoms with E-state index in [0.717, 1.165) is 5.75 Å². The van der Waals surface area contributed by atoms with E-state index in [4.69, 9.17) is 34.1 Å². The van der Waals surface area contributed by atoms with E-state index in [0.29, 0.717) is 4.36 Å². The normalized spacial score (nSPS) is 13.8. The first-order valence-electron chi connectivity index (χ1n) is 2.46. The van der Waals surface area contributed by atoms with Crippen LogP contribution in [-0.4, -0.2) is 5.75 Å². The summed E-state index contributed by atoms with van der Waals surface area (Å²) in [5.41, 5.74) is 0. The average molecular weight is 239 g/mol. The summed E-state index contributed by atoms with van der Waals surface area (Å²) < 4.78 is 11.0. The van der Waals surface area contributed by atoms with Crippen molar-refractivity contribution in [2.45, 2.75) is 6.92 Å². The van der Waals surface area contributed by atoms with Crippen LogP contribution in [0, 0.1) is 0 Å². The van der Waals surface area contributed by atoms with E-state index >= 15 is 0 Å². The predicted molar refractivity (Wildman–Crippen MR) is 51.4 cm³/mol. The molecule has 0 aliphatic heterocycles. The van der Waals surface area contributed by atoms with Gasteiger partial charge in [-0.25, -0.2) is 0 Å². The van der Waals surface area contributed by atoms with Gasteiger partial charge in [0.2, 0.25) is 0 Å². The van der Waals surface area contributed by atoms with Crippen molar-refractivity contribution in [1.82, 2.24) is 0 Å². The topological polar surface area (TPSA) is 17.1 Å². The fourth-order valence-corrected chi connectivity index (χ4v) is 3.52. The Morgan fingerprint density at radius 3 is 2.50 bits per heavy atom. The molecule has 0 rings (SSSR count). The molecule has 0 spiro atoms. The van der Waals surface area contributed by atoms with Crippen molar-refractivity contribution < 1.29 is 4.57 Å². The van der Waals surface area contributed by atoms with Crippen molar-refractivity contribution in [3.05, 3.63) is 10.2 Å². The number of hydrogen-bond donors (Lipinski definition) is 0. The van der Waals surface area contributed by atoms with Crippen molar-refractivity contribution in [2.24, 2.45) is 0 Å². The van der Waals surface area contributed by atoms with Crippen LogP contribution in [0.3, 0.4) is 0 Å². The van der Waals surface area contributed by atoms with Crippen LogP contribution in [0.25, 0.3) is 0 Å². The second-order valence-corrected chi connectivity index (χ2v) is 8.10. The zero-order valence-electron chi connectivity index (χ0n) is 5.18. The Balaban J connectivity index is 4.04. The Morgan fingerprint density at radius 1 is 1.70 bits per heavy atom. The molecule has 0 unspecified atom stereocenters. The molecule has 0 amide bonds. The minimum Gasteiger partial charge on any atom is -0.285 e. The van der Waals surface area contributed by atoms with Crippen LogP contribution < -0.4 is 0 Å². The summed E-state index contributed by atoms with van der Waals surface area (Å²) in [6, 6.07) is 0. The molecule has 0 saturated heterocycles. The van der Waals surface area contributed by atoms with E-state index in [9.17, 15) is 4.57 Å². The van der Waals surface area contributed by atoms with Crippen molar-refractivity contribution in [3.8, 4) is 0 Å². The molecule has 0 fully saturated rings. The van der Waals surface area contributed by atoms with Crippen LogP contribution >= 0.6 is 51.7 Å². The molecule has 1 nitrogen and oxygen atoms in total. The van der Waals surface area contributed by atoms with E-state index < -0.39 is 5.85 Å². The quantitative estimate of drug-likeness (QED) is 0.677. The second kappa shape index (κ2) is 4.95. The Morgan fingerprint density at radius 2 is 2.20 bits per heavy atom. The van der Waals surface area contributed by atoms with E-state index in [1.807, 2.05) is 6.92 Å². The van der Waals surface area contributed by atoms with Gasteiger partial charge in [0.1, 0.15) is 0 Å². The van der Waals surface area contributed by atoms with Gasteiger partial charge in [0, 0.05) is 5.82 Å². The van der Waals surface area contributed by atoms with Crippen molar-refractivity contribution in [3.63, 3.8) is 0 Å². The van der Waals surface area contributed by atoms with Gasteiger partial charge in [-0.2, -0.15) is 0 Å². The van der Waals surface area contributed by atoms with Gasteiger partial charge in [-0.05, 0) is 28.2 Å². The van der Waals surface area contributed by atoms with E-state index in [2.05, 4.69) is 0 Å². The van der Waals surface area contributed by atoms with Gasteiger partial charge in [-0.1, -0.05) is 18.5 Å². The fourth-order valence-electron chi connectivity index (χ4n) is 0.293. The maximum atomic E-state index is 10.7. The Bertz CT molecular complexity index is 175. The Labute approximate surface area is 79.1 Å². The maximum absolute atomic E-state index is 10.7. The van der Waals surface area contributed by atoms with Crippen molar-refractivity contribution in [1.29, 1.82) is 0 Å². The maximum Gasteiger partial charge on any atom is 0.276 e. The molecular weight excluding hydrogens is 233 g/mol. The Hall–Kier alpha value is 1.19. The summed E-state index contributed by atoms with van der Waals surface area (Å²) >= 11 is 17.3. The first-order chi connectivity index (χ1) is 4.45. The minimum absolute atomic E-state index is 0.385. The minimum atomic E-state index is -3.12. The SMILES string of the molecule is CCS/C(Cl)=C/P(=O)(Cl)Cl. The van der Waals surface area contributed by atoms with Gasteiger partial charge < -0.3 is 0 Å². The van der Waals surface area contributed by atoms with E-state index in [-0.39, 0.29) is 0 Å². The lowest BCUT2D eigenvalue weighted by atomic mass is 11.0. The largest absolute Gasteiger partial charge is 0.285 e. The monoisotopic (exact) mass is 238 g/mol. The molecule has 60 valence electrons. The molecule has 0 heterocycles. The summed E-state index contributed by atoms with van der Waals surface area (Å²) in [4.78, 5) is 0. The fraction of sp³-hybridized carbons (Fsp3) is 0.500. The van der Waals surface area contributed by atoms with E-state index in [1.165, 1.54) is 17.6 Å². The zero-order valence-corrected chi connectivity index (χ0v) is 9.16. The molecule has 0 atom stereocenters. The summed E-state index contributed by atoms with van der Waals surface area (Å²) in [6.07, 6.45) is 0. The Kier molecular flexibility index (Phi) is 5.54. The molecule has 10 heavy (non-hydrogen) atoms. The lowest BCUT2D eigenvalue weighted by Gasteiger charge is -1.94. The van der Waals surface area contributed by atoms with Gasteiger partial charge >= 0.3 is 0 Å². The van der Waals surface area contributed by atoms with Gasteiger partial charge in [-0.15, -0.1) is 11.8 Å². The van der Waals surface area contributed by atoms with Crippen LogP contribution in [0.4, 0.5) is 0 Å². The lowest BCUT2D eigenvalue weighted by Crippen LogP contribution is -1.64. The van der Waals surface area contributed by atoms with Gasteiger partial charge in [0.05, 0.1) is 4.36 Å². The summed E-state index contributed by atoms with van der Waals surface area (Å²) in [6.45, 7) is 1.92. The smallest absolute Gasteiger partial charge is 0.276 e. The second-order valence-electron chi connectivity index (χ2n) is 1.37. The predicted octanol–water partition coefficient (Wildman–Crippen LogP) is 4.45. The molecule has 0 aliphatic rings.